The maximum absolute atomic E-state index is 14.5. The van der Waals surface area contributed by atoms with E-state index in [0.29, 0.717) is 12.8 Å². The summed E-state index contributed by atoms with van der Waals surface area (Å²) in [7, 11) is 0. The van der Waals surface area contributed by atoms with Gasteiger partial charge in [-0.1, -0.05) is 41.2 Å². The van der Waals surface area contributed by atoms with Gasteiger partial charge in [-0.15, -0.1) is 0 Å². The Bertz CT molecular complexity index is 1440. The summed E-state index contributed by atoms with van der Waals surface area (Å²) >= 11 is 0. The number of epoxide rings is 1. The molecule has 5 saturated carbocycles. The van der Waals surface area contributed by atoms with E-state index < -0.39 is 106 Å². The molecule has 2 aliphatic heterocycles. The van der Waals surface area contributed by atoms with Crippen molar-refractivity contribution in [1.29, 1.82) is 0 Å². The Labute approximate surface area is 276 Å². The highest BCUT2D eigenvalue weighted by Gasteiger charge is 2.82. The molecule has 0 amide bonds. The van der Waals surface area contributed by atoms with Gasteiger partial charge in [0.2, 0.25) is 0 Å². The van der Waals surface area contributed by atoms with E-state index >= 15 is 0 Å². The summed E-state index contributed by atoms with van der Waals surface area (Å²) in [6, 6.07) is 0. The Kier molecular flexibility index (Phi) is 7.05. The van der Waals surface area contributed by atoms with Crippen LogP contribution in [0, 0.1) is 63.6 Å². The number of esters is 3. The maximum Gasteiger partial charge on any atom is 0.303 e. The van der Waals surface area contributed by atoms with Crippen LogP contribution in [0.2, 0.25) is 0 Å². The molecule has 0 aromatic carbocycles. The van der Waals surface area contributed by atoms with Crippen molar-refractivity contribution in [2.45, 2.75) is 123 Å². The minimum Gasteiger partial charge on any atom is -0.492 e. The van der Waals surface area contributed by atoms with Crippen LogP contribution in [0.3, 0.4) is 0 Å². The fraction of sp³-hybridized carbons (Fsp3) is 0.833. The fourth-order valence-electron chi connectivity index (χ4n) is 13.1. The average Bonchev–Trinajstić information content (AvgIpc) is 3.65. The van der Waals surface area contributed by atoms with Gasteiger partial charge in [0, 0.05) is 60.7 Å². The number of aliphatic hydroxyl groups excluding tert-OH is 1. The van der Waals surface area contributed by atoms with Crippen molar-refractivity contribution >= 4 is 23.7 Å². The fourth-order valence-corrected chi connectivity index (χ4v) is 13.1. The number of Topliss-reactive ketones (excluding diaryl/α,β-unsaturated/α-hetero) is 1. The summed E-state index contributed by atoms with van der Waals surface area (Å²) in [4.78, 5) is 53.1. The predicted molar refractivity (Wildman–Crippen MR) is 164 cm³/mol. The average molecular weight is 659 g/mol. The topological polar surface area (TPSA) is 158 Å². The highest BCUT2D eigenvalue weighted by atomic mass is 16.6. The molecule has 11 heteroatoms. The number of ether oxygens (including phenoxy) is 5. The van der Waals surface area contributed by atoms with Crippen molar-refractivity contribution in [2.24, 2.45) is 63.6 Å². The standard InChI is InChI=1S/C36H50O11/c1-13-11-21-35(9,36(10,42)15(3)43-21)26-23(13)34(8)25(30(26)44-16(4)37)22-24(14(2)31(34)45-17(5)38)33(7)19(27(40)28(22)41)12-20-29(47-20)32(33)46-18(6)39/h13-14,19-26,28-32,41-42H,3,11-12H2,1-2,4-10H3/t13-,14+,19-,20+,21+,22-,23+,24?,25-,26+,28-,29+,30-,31+,32+,33+,34-,35+,36-/m1/s1. The molecule has 260 valence electrons. The Hall–Kier alpha value is -2.50. The number of rotatable bonds is 3. The molecule has 5 aliphatic carbocycles. The van der Waals surface area contributed by atoms with E-state index in [1.54, 1.807) is 6.92 Å². The van der Waals surface area contributed by atoms with Crippen LogP contribution in [0.15, 0.2) is 12.3 Å². The number of hydrogen-bond donors (Lipinski definition) is 2. The third-order valence-electron chi connectivity index (χ3n) is 14.8. The molecular formula is C36H50O11. The third kappa shape index (κ3) is 3.91. The van der Waals surface area contributed by atoms with Gasteiger partial charge in [0.1, 0.15) is 48.0 Å². The lowest BCUT2D eigenvalue weighted by Crippen LogP contribution is -2.72. The normalized spacial score (nSPS) is 56.8. The van der Waals surface area contributed by atoms with E-state index in [2.05, 4.69) is 20.4 Å². The summed E-state index contributed by atoms with van der Waals surface area (Å²) in [6.45, 7) is 19.9. The van der Waals surface area contributed by atoms with Crippen LogP contribution in [0.1, 0.15) is 75.2 Å². The summed E-state index contributed by atoms with van der Waals surface area (Å²) < 4.78 is 31.0. The first-order chi connectivity index (χ1) is 21.7. The number of carbonyl (C=O) groups excluding carboxylic acids is 4. The molecule has 2 heterocycles. The maximum atomic E-state index is 14.5. The van der Waals surface area contributed by atoms with Gasteiger partial charge in [-0.3, -0.25) is 19.2 Å². The molecule has 47 heavy (non-hydrogen) atoms. The Morgan fingerprint density at radius 3 is 2.04 bits per heavy atom. The van der Waals surface area contributed by atoms with Crippen LogP contribution >= 0.6 is 0 Å². The third-order valence-corrected chi connectivity index (χ3v) is 14.8. The molecule has 1 unspecified atom stereocenters. The number of hydrogen-bond acceptors (Lipinski definition) is 11. The first kappa shape index (κ1) is 33.0. The van der Waals surface area contributed by atoms with Crippen LogP contribution < -0.4 is 0 Å². The van der Waals surface area contributed by atoms with E-state index in [1.807, 2.05) is 20.8 Å². The lowest BCUT2D eigenvalue weighted by Gasteiger charge is -2.65. The number of ketones is 1. The Morgan fingerprint density at radius 2 is 1.45 bits per heavy atom. The van der Waals surface area contributed by atoms with Gasteiger partial charge < -0.3 is 33.9 Å². The second kappa shape index (κ2) is 10.0. The van der Waals surface area contributed by atoms with Crippen LogP contribution in [0.4, 0.5) is 0 Å². The molecule has 7 aliphatic rings. The lowest BCUT2D eigenvalue weighted by molar-refractivity contribution is -0.253. The minimum atomic E-state index is -1.49. The van der Waals surface area contributed by atoms with Crippen LogP contribution in [0.25, 0.3) is 0 Å². The molecule has 11 nitrogen and oxygen atoms in total. The lowest BCUT2D eigenvalue weighted by atomic mass is 9.39. The smallest absolute Gasteiger partial charge is 0.303 e. The summed E-state index contributed by atoms with van der Waals surface area (Å²) in [5.41, 5.74) is -4.35. The van der Waals surface area contributed by atoms with Crippen molar-refractivity contribution in [1.82, 2.24) is 0 Å². The van der Waals surface area contributed by atoms with Crippen LogP contribution in [0.5, 0.6) is 0 Å². The monoisotopic (exact) mass is 658 g/mol. The molecule has 0 spiro atoms. The van der Waals surface area contributed by atoms with Gasteiger partial charge >= 0.3 is 17.9 Å². The molecule has 0 bridgehead atoms. The zero-order valence-electron chi connectivity index (χ0n) is 28.9. The van der Waals surface area contributed by atoms with E-state index in [9.17, 15) is 29.4 Å². The van der Waals surface area contributed by atoms with Gasteiger partial charge in [-0.2, -0.15) is 0 Å². The van der Waals surface area contributed by atoms with Gasteiger partial charge in [0.05, 0.1) is 6.10 Å². The van der Waals surface area contributed by atoms with Crippen LogP contribution in [-0.2, 0) is 42.9 Å². The van der Waals surface area contributed by atoms with Gasteiger partial charge in [0.25, 0.3) is 0 Å². The largest absolute Gasteiger partial charge is 0.492 e. The van der Waals surface area contributed by atoms with Crippen molar-refractivity contribution < 1.29 is 53.1 Å². The molecule has 7 rings (SSSR count). The molecule has 19 atom stereocenters. The van der Waals surface area contributed by atoms with E-state index in [-0.39, 0.29) is 35.6 Å². The van der Waals surface area contributed by atoms with Crippen molar-refractivity contribution in [3.63, 3.8) is 0 Å². The summed E-state index contributed by atoms with van der Waals surface area (Å²) in [6.07, 6.45) is -3.87. The highest BCUT2D eigenvalue weighted by Crippen LogP contribution is 2.77. The molecule has 2 saturated heterocycles. The first-order valence-corrected chi connectivity index (χ1v) is 17.2. The summed E-state index contributed by atoms with van der Waals surface area (Å²) in [5.74, 6) is -5.38. The van der Waals surface area contributed by atoms with Gasteiger partial charge in [-0.25, -0.2) is 0 Å². The molecule has 7 fully saturated rings. The van der Waals surface area contributed by atoms with Crippen LogP contribution in [-0.4, -0.2) is 82.2 Å². The minimum absolute atomic E-state index is 0.0430. The second-order valence-electron chi connectivity index (χ2n) is 16.8. The molecule has 0 aromatic heterocycles. The van der Waals surface area contributed by atoms with Gasteiger partial charge in [0.15, 0.2) is 5.78 Å². The van der Waals surface area contributed by atoms with E-state index in [1.165, 1.54) is 20.8 Å². The predicted octanol–water partition coefficient (Wildman–Crippen LogP) is 2.98. The summed E-state index contributed by atoms with van der Waals surface area (Å²) in [5, 5.41) is 24.4. The molecule has 0 aromatic rings. The zero-order chi connectivity index (χ0) is 34.5. The van der Waals surface area contributed by atoms with Crippen molar-refractivity contribution in [2.75, 3.05) is 0 Å². The van der Waals surface area contributed by atoms with Crippen molar-refractivity contribution in [3.8, 4) is 0 Å². The van der Waals surface area contributed by atoms with E-state index in [4.69, 9.17) is 23.7 Å². The number of aliphatic hydroxyl groups is 2. The van der Waals surface area contributed by atoms with Gasteiger partial charge in [-0.05, 0) is 43.4 Å². The molecule has 0 radical (unpaired) electrons. The highest BCUT2D eigenvalue weighted by molar-refractivity contribution is 5.88. The number of carbonyl (C=O) groups is 4. The zero-order valence-corrected chi connectivity index (χ0v) is 28.9. The molecule has 2 N–H and O–H groups in total. The Morgan fingerprint density at radius 1 is 0.851 bits per heavy atom. The quantitative estimate of drug-likeness (QED) is 0.261. The van der Waals surface area contributed by atoms with Crippen molar-refractivity contribution in [3.05, 3.63) is 12.3 Å². The SMILES string of the molecule is C=C1O[C@H]2C[C@@H](C)[C@H]3[C@@H]([C@H](OC(C)=O)[C@H]4[C@H]5C([C@H](C)[C@H](OC(C)=O)[C@]34C)[C@]3(C)[C@H](C[C@@H]4O[C@@H]4[C@@H]3OC(C)=O)C(=O)[C@@H]5O)[C@@]2(C)[C@]1(C)O. The first-order valence-electron chi connectivity index (χ1n) is 17.2. The molecular weight excluding hydrogens is 608 g/mol. The second-order valence-corrected chi connectivity index (χ2v) is 16.8. The van der Waals surface area contributed by atoms with E-state index in [0.717, 1.165) is 0 Å². The number of fused-ring (bicyclic) bond motifs is 10. The Balaban J connectivity index is 1.49.